The Morgan fingerprint density at radius 3 is 2.23 bits per heavy atom. The van der Waals surface area contributed by atoms with Gasteiger partial charge in [-0.1, -0.05) is 75.3 Å². The summed E-state index contributed by atoms with van der Waals surface area (Å²) in [4.78, 5) is 33.1. The molecule has 0 saturated heterocycles. The van der Waals surface area contributed by atoms with Crippen LogP contribution in [0.3, 0.4) is 0 Å². The Hall–Kier alpha value is -3.85. The number of sulfonamides is 1. The average molecular weight is 687 g/mol. The molecule has 2 aromatic carbocycles. The number of aromatic nitrogens is 1. The van der Waals surface area contributed by atoms with E-state index in [4.69, 9.17) is 10.9 Å². The van der Waals surface area contributed by atoms with Crippen LogP contribution in [0, 0.1) is 24.7 Å². The highest BCUT2D eigenvalue weighted by Crippen LogP contribution is 2.34. The van der Waals surface area contributed by atoms with Gasteiger partial charge in [0.15, 0.2) is 0 Å². The summed E-state index contributed by atoms with van der Waals surface area (Å²) in [5.74, 6) is -2.59. The number of nitrogens with one attached hydrogen (secondary N) is 1. The Bertz CT molecular complexity index is 1610. The number of oxime groups is 1. The fourth-order valence-electron chi connectivity index (χ4n) is 5.69. The maximum atomic E-state index is 14.0. The lowest BCUT2D eigenvalue weighted by molar-refractivity contribution is -0.131. The Balaban J connectivity index is 2.07. The van der Waals surface area contributed by atoms with Crippen LogP contribution in [0.1, 0.15) is 49.5 Å². The smallest absolute Gasteiger partial charge is 0.318 e. The van der Waals surface area contributed by atoms with Crippen LogP contribution in [0.5, 0.6) is 0 Å². The molecule has 14 heteroatoms. The third kappa shape index (κ3) is 9.37. The van der Waals surface area contributed by atoms with Crippen LogP contribution in [-0.2, 0) is 27.8 Å². The minimum Gasteiger partial charge on any atom is -0.411 e. The number of nitrogens with zero attached hydrogens (tertiary/aromatic N) is 4. The monoisotopic (exact) mass is 686 g/mol. The van der Waals surface area contributed by atoms with Crippen LogP contribution in [0.4, 0.5) is 4.79 Å². The summed E-state index contributed by atoms with van der Waals surface area (Å²) in [6.07, 6.45) is -0.145. The fraction of sp³-hybridized carbons (Fsp3) is 0.455. The SMILES string of the molecule is Cc1nc(CN(C)C(=O)NC(C(N)=O)(C(C)C)[C@H](Cc2ccccc2)[C@@H](O)CN(CC(C)C)S(=O)(=O)c2ccc(/C=N/O)cc2)cs1. The standard InChI is InChI=1S/C33H46N6O6S2/c1-22(2)18-39(47(44,45)28-14-12-26(13-15-28)17-35-43)20-30(40)29(16-25-10-8-7-9-11-25)33(23(3)4,31(34)41)37-32(42)38(6)19-27-21-46-24(5)36-27/h7-15,17,21-23,29-30,40,43H,16,18-20H2,1-6H3,(H2,34,41)(H,37,42)/b35-17+/t29-,30+,33?/m1/s1. The highest BCUT2D eigenvalue weighted by Gasteiger charge is 2.52. The van der Waals surface area contributed by atoms with Gasteiger partial charge in [0.05, 0.1) is 34.5 Å². The van der Waals surface area contributed by atoms with Crippen molar-refractivity contribution in [2.45, 2.75) is 64.1 Å². The minimum absolute atomic E-state index is 0.0164. The molecule has 0 fully saturated rings. The van der Waals surface area contributed by atoms with Crippen LogP contribution in [-0.4, -0.2) is 82.9 Å². The molecular formula is C33H46N6O6S2. The van der Waals surface area contributed by atoms with E-state index in [1.165, 1.54) is 51.0 Å². The highest BCUT2D eigenvalue weighted by atomic mass is 32.2. The van der Waals surface area contributed by atoms with Gasteiger partial charge in [0, 0.05) is 31.4 Å². The van der Waals surface area contributed by atoms with Crippen molar-refractivity contribution < 1.29 is 28.3 Å². The number of aliphatic hydroxyl groups is 1. The van der Waals surface area contributed by atoms with Gasteiger partial charge in [-0.25, -0.2) is 18.2 Å². The van der Waals surface area contributed by atoms with Gasteiger partial charge in [0.25, 0.3) is 0 Å². The second-order valence-electron chi connectivity index (χ2n) is 12.4. The van der Waals surface area contributed by atoms with E-state index in [0.717, 1.165) is 10.6 Å². The number of hydrogen-bond donors (Lipinski definition) is 4. The van der Waals surface area contributed by atoms with Crippen LogP contribution in [0.25, 0.3) is 0 Å². The molecule has 3 atom stereocenters. The molecule has 3 rings (SSSR count). The molecule has 0 radical (unpaired) electrons. The number of hydrogen-bond acceptors (Lipinski definition) is 9. The van der Waals surface area contributed by atoms with Crippen LogP contribution < -0.4 is 11.1 Å². The molecule has 0 spiro atoms. The maximum absolute atomic E-state index is 14.0. The van der Waals surface area contributed by atoms with E-state index in [2.05, 4.69) is 15.5 Å². The van der Waals surface area contributed by atoms with Gasteiger partial charge in [-0.3, -0.25) is 4.79 Å². The third-order valence-electron chi connectivity index (χ3n) is 8.08. The highest BCUT2D eigenvalue weighted by molar-refractivity contribution is 7.89. The molecule has 1 unspecified atom stereocenters. The third-order valence-corrected chi connectivity index (χ3v) is 10.7. The first-order valence-corrected chi connectivity index (χ1v) is 17.7. The van der Waals surface area contributed by atoms with E-state index in [1.54, 1.807) is 20.9 Å². The van der Waals surface area contributed by atoms with Crippen LogP contribution >= 0.6 is 11.3 Å². The number of urea groups is 1. The van der Waals surface area contributed by atoms with Crippen LogP contribution in [0.15, 0.2) is 70.0 Å². The fourth-order valence-corrected chi connectivity index (χ4v) is 7.91. The first-order chi connectivity index (χ1) is 22.1. The van der Waals surface area contributed by atoms with E-state index < -0.39 is 45.4 Å². The van der Waals surface area contributed by atoms with Crippen molar-refractivity contribution in [3.8, 4) is 0 Å². The lowest BCUT2D eigenvalue weighted by atomic mass is 9.69. The lowest BCUT2D eigenvalue weighted by Crippen LogP contribution is -2.69. The molecule has 0 aliphatic rings. The van der Waals surface area contributed by atoms with E-state index in [-0.39, 0.29) is 36.9 Å². The molecule has 5 N–H and O–H groups in total. The van der Waals surface area contributed by atoms with Crippen molar-refractivity contribution in [3.63, 3.8) is 0 Å². The van der Waals surface area contributed by atoms with Gasteiger partial charge < -0.3 is 26.3 Å². The topological polar surface area (TPSA) is 179 Å². The zero-order chi connectivity index (χ0) is 34.9. The first kappa shape index (κ1) is 37.6. The second-order valence-corrected chi connectivity index (χ2v) is 15.4. The van der Waals surface area contributed by atoms with Crippen molar-refractivity contribution in [2.75, 3.05) is 20.1 Å². The predicted octanol–water partition coefficient (Wildman–Crippen LogP) is 3.85. The molecule has 0 aliphatic carbocycles. The number of amides is 3. The number of primary amides is 1. The van der Waals surface area contributed by atoms with Gasteiger partial charge in [-0.15, -0.1) is 11.3 Å². The van der Waals surface area contributed by atoms with E-state index in [1.807, 2.05) is 56.5 Å². The Morgan fingerprint density at radius 1 is 1.09 bits per heavy atom. The van der Waals surface area contributed by atoms with E-state index in [0.29, 0.717) is 11.3 Å². The van der Waals surface area contributed by atoms with Gasteiger partial charge in [-0.05, 0) is 48.4 Å². The van der Waals surface area contributed by atoms with E-state index >= 15 is 0 Å². The normalized spacial score (nSPS) is 14.8. The molecule has 12 nitrogen and oxygen atoms in total. The van der Waals surface area contributed by atoms with Gasteiger partial charge in [0.1, 0.15) is 5.54 Å². The molecule has 0 aliphatic heterocycles. The molecule has 0 saturated carbocycles. The number of carbonyl (C=O) groups excluding carboxylic acids is 2. The quantitative estimate of drug-likeness (QED) is 0.100. The zero-order valence-electron chi connectivity index (χ0n) is 27.7. The number of aliphatic hydroxyl groups excluding tert-OH is 1. The molecule has 0 bridgehead atoms. The van der Waals surface area contributed by atoms with Crippen molar-refractivity contribution >= 4 is 39.5 Å². The Morgan fingerprint density at radius 2 is 1.72 bits per heavy atom. The minimum atomic E-state index is -4.14. The Labute approximate surface area is 281 Å². The average Bonchev–Trinajstić information content (AvgIpc) is 3.42. The molecular weight excluding hydrogens is 641 g/mol. The van der Waals surface area contributed by atoms with E-state index in [9.17, 15) is 23.1 Å². The lowest BCUT2D eigenvalue weighted by Gasteiger charge is -2.45. The summed E-state index contributed by atoms with van der Waals surface area (Å²) < 4.78 is 29.1. The van der Waals surface area contributed by atoms with Crippen molar-refractivity contribution in [1.29, 1.82) is 0 Å². The number of thiazole rings is 1. The number of nitrogens with two attached hydrogens (primary N) is 1. The van der Waals surface area contributed by atoms with Gasteiger partial charge in [0.2, 0.25) is 15.9 Å². The summed E-state index contributed by atoms with van der Waals surface area (Å²) in [5, 5.41) is 29.5. The number of carbonyl (C=O) groups is 2. The summed E-state index contributed by atoms with van der Waals surface area (Å²) in [6, 6.07) is 14.4. The second kappa shape index (κ2) is 16.3. The molecule has 3 amide bonds. The van der Waals surface area contributed by atoms with Crippen molar-refractivity contribution in [3.05, 3.63) is 81.8 Å². The number of benzene rings is 2. The van der Waals surface area contributed by atoms with Gasteiger partial charge in [-0.2, -0.15) is 4.31 Å². The number of aryl methyl sites for hydroxylation is 1. The van der Waals surface area contributed by atoms with Crippen molar-refractivity contribution in [1.82, 2.24) is 19.5 Å². The van der Waals surface area contributed by atoms with Gasteiger partial charge >= 0.3 is 6.03 Å². The van der Waals surface area contributed by atoms with Crippen LogP contribution in [0.2, 0.25) is 0 Å². The number of rotatable bonds is 16. The maximum Gasteiger partial charge on any atom is 0.318 e. The summed E-state index contributed by atoms with van der Waals surface area (Å²) in [6.45, 7) is 8.94. The molecule has 3 aromatic rings. The molecule has 1 aromatic heterocycles. The van der Waals surface area contributed by atoms with Crippen molar-refractivity contribution in [2.24, 2.45) is 28.6 Å². The largest absolute Gasteiger partial charge is 0.411 e. The predicted molar refractivity (Wildman–Crippen MR) is 183 cm³/mol. The summed E-state index contributed by atoms with van der Waals surface area (Å²) in [7, 11) is -2.56. The first-order valence-electron chi connectivity index (χ1n) is 15.4. The summed E-state index contributed by atoms with van der Waals surface area (Å²) >= 11 is 1.46. The molecule has 47 heavy (non-hydrogen) atoms. The summed E-state index contributed by atoms with van der Waals surface area (Å²) in [5.41, 5.74) is 6.31. The zero-order valence-corrected chi connectivity index (χ0v) is 29.3. The Kier molecular flexibility index (Phi) is 13.1. The molecule has 256 valence electrons. The molecule has 1 heterocycles.